The number of hydrazine groups is 1. The minimum atomic E-state index is -1.71. The largest absolute Gasteiger partial charge is 0.475 e. The summed E-state index contributed by atoms with van der Waals surface area (Å²) in [4.78, 5) is 39.8. The van der Waals surface area contributed by atoms with Crippen molar-refractivity contribution in [3.05, 3.63) is 46.0 Å². The SMILES string of the molecule is C.CC(C)C[C@H](NC(=O)[C@H](CCCN=C(N)N[N+](=O)[O-])CC(=O)CCCCc1ccccc1)B(O)O. The maximum Gasteiger partial charge on any atom is 0.475 e. The predicted octanol–water partition coefficient (Wildman–Crippen LogP) is 2.03. The second-order valence-electron chi connectivity index (χ2n) is 9.07. The third-order valence-corrected chi connectivity index (χ3v) is 5.47. The van der Waals surface area contributed by atoms with Crippen LogP contribution in [0.2, 0.25) is 0 Å². The number of hydrogen-bond acceptors (Lipinski definition) is 7. The van der Waals surface area contributed by atoms with Gasteiger partial charge in [-0.1, -0.05) is 57.0 Å². The molecule has 11 nitrogen and oxygen atoms in total. The average Bonchev–Trinajstić information content (AvgIpc) is 2.78. The molecule has 0 aliphatic heterocycles. The van der Waals surface area contributed by atoms with Crippen molar-refractivity contribution < 1.29 is 24.7 Å². The molecule has 36 heavy (non-hydrogen) atoms. The number of nitrogens with one attached hydrogen (secondary N) is 2. The van der Waals surface area contributed by atoms with E-state index in [2.05, 4.69) is 10.3 Å². The quantitative estimate of drug-likeness (QED) is 0.0530. The molecule has 0 radical (unpaired) electrons. The first-order valence-corrected chi connectivity index (χ1v) is 12.0. The molecule has 12 heteroatoms. The van der Waals surface area contributed by atoms with Crippen LogP contribution in [0.4, 0.5) is 0 Å². The Hall–Kier alpha value is -2.99. The van der Waals surface area contributed by atoms with Gasteiger partial charge in [-0.2, -0.15) is 0 Å². The lowest BCUT2D eigenvalue weighted by molar-refractivity contribution is -0.525. The van der Waals surface area contributed by atoms with Gasteiger partial charge < -0.3 is 21.1 Å². The van der Waals surface area contributed by atoms with E-state index in [1.807, 2.05) is 44.2 Å². The van der Waals surface area contributed by atoms with Gasteiger partial charge in [-0.05, 0) is 50.0 Å². The van der Waals surface area contributed by atoms with E-state index in [0.717, 1.165) is 12.8 Å². The number of hydrogen-bond donors (Lipinski definition) is 5. The van der Waals surface area contributed by atoms with Gasteiger partial charge in [-0.15, -0.1) is 0 Å². The van der Waals surface area contributed by atoms with Crippen LogP contribution in [0.3, 0.4) is 0 Å². The van der Waals surface area contributed by atoms with Gasteiger partial charge in [0.15, 0.2) is 5.03 Å². The highest BCUT2D eigenvalue weighted by Gasteiger charge is 2.29. The van der Waals surface area contributed by atoms with Crippen molar-refractivity contribution in [2.24, 2.45) is 22.6 Å². The van der Waals surface area contributed by atoms with E-state index in [4.69, 9.17) is 5.73 Å². The fourth-order valence-electron chi connectivity index (χ4n) is 3.73. The Bertz CT molecular complexity index is 822. The van der Waals surface area contributed by atoms with Crippen molar-refractivity contribution in [3.63, 3.8) is 0 Å². The topological polar surface area (TPSA) is 180 Å². The summed E-state index contributed by atoms with van der Waals surface area (Å²) < 4.78 is 0. The molecular weight excluding hydrogens is 465 g/mol. The molecule has 0 bridgehead atoms. The molecule has 0 aliphatic rings. The van der Waals surface area contributed by atoms with E-state index in [1.165, 1.54) is 5.56 Å². The summed E-state index contributed by atoms with van der Waals surface area (Å²) in [6, 6.07) is 10.00. The summed E-state index contributed by atoms with van der Waals surface area (Å²) in [5.41, 5.74) is 8.35. The highest BCUT2D eigenvalue weighted by atomic mass is 16.7. The molecule has 2 atom stereocenters. The van der Waals surface area contributed by atoms with Crippen LogP contribution >= 0.6 is 0 Å². The van der Waals surface area contributed by atoms with Gasteiger partial charge >= 0.3 is 7.12 Å². The fraction of sp³-hybridized carbons (Fsp3) is 0.625. The zero-order valence-electron chi connectivity index (χ0n) is 20.6. The van der Waals surface area contributed by atoms with Crippen LogP contribution in [0.5, 0.6) is 0 Å². The van der Waals surface area contributed by atoms with Gasteiger partial charge in [-0.25, -0.2) is 15.1 Å². The van der Waals surface area contributed by atoms with E-state index >= 15 is 0 Å². The average molecular weight is 507 g/mol. The number of Topliss-reactive ketones (excluding diaryl/α,β-unsaturated/α-hetero) is 1. The Morgan fingerprint density at radius 2 is 1.83 bits per heavy atom. The zero-order valence-corrected chi connectivity index (χ0v) is 20.6. The molecule has 1 aromatic carbocycles. The Morgan fingerprint density at radius 1 is 1.17 bits per heavy atom. The standard InChI is InChI=1S/C23H38BN5O6.CH4/c1-17(2)15-21(24(32)33)27-22(31)19(12-8-14-26-23(25)28-29(34)35)16-20(30)13-7-6-11-18-9-4-3-5-10-18;/h3-5,9-10,17,19,21,32-33H,6-8,11-16H2,1-2H3,(H,27,31)(H3,25,26,28);1H4/t19-,21+;/m1./s1. The first-order chi connectivity index (χ1) is 16.6. The van der Waals surface area contributed by atoms with E-state index < -0.39 is 29.9 Å². The number of rotatable bonds is 17. The van der Waals surface area contributed by atoms with E-state index in [9.17, 15) is 29.8 Å². The zero-order chi connectivity index (χ0) is 26.2. The van der Waals surface area contributed by atoms with Gasteiger partial charge in [0, 0.05) is 25.3 Å². The molecule has 1 rings (SSSR count). The molecule has 0 saturated carbocycles. The van der Waals surface area contributed by atoms with Crippen molar-refractivity contribution in [2.75, 3.05) is 6.54 Å². The number of aryl methyl sites for hydroxylation is 1. The molecule has 202 valence electrons. The van der Waals surface area contributed by atoms with Crippen LogP contribution in [-0.4, -0.2) is 52.3 Å². The van der Waals surface area contributed by atoms with Crippen LogP contribution < -0.4 is 16.5 Å². The minimum Gasteiger partial charge on any atom is -0.426 e. The Labute approximate surface area is 214 Å². The maximum atomic E-state index is 12.9. The first kappa shape index (κ1) is 33.0. The lowest BCUT2D eigenvalue weighted by Gasteiger charge is -2.23. The van der Waals surface area contributed by atoms with Gasteiger partial charge in [0.05, 0.1) is 5.94 Å². The molecule has 0 saturated heterocycles. The molecule has 0 aromatic heterocycles. The number of nitro groups is 1. The Morgan fingerprint density at radius 3 is 2.42 bits per heavy atom. The van der Waals surface area contributed by atoms with E-state index in [-0.39, 0.29) is 38.1 Å². The maximum absolute atomic E-state index is 12.9. The number of carbonyl (C=O) groups excluding carboxylic acids is 2. The Balaban J connectivity index is 0.0000122. The molecule has 1 aromatic rings. The summed E-state index contributed by atoms with van der Waals surface area (Å²) in [5, 5.41) is 31.5. The molecular formula is C24H42BN5O6. The lowest BCUT2D eigenvalue weighted by Crippen LogP contribution is -2.49. The highest BCUT2D eigenvalue weighted by molar-refractivity contribution is 6.43. The van der Waals surface area contributed by atoms with Crippen LogP contribution in [-0.2, 0) is 16.0 Å². The summed E-state index contributed by atoms with van der Waals surface area (Å²) in [7, 11) is -1.71. The normalized spacial score (nSPS) is 12.9. The van der Waals surface area contributed by atoms with Gasteiger partial charge in [0.2, 0.25) is 5.91 Å². The van der Waals surface area contributed by atoms with Crippen molar-refractivity contribution in [1.82, 2.24) is 10.7 Å². The van der Waals surface area contributed by atoms with Crippen molar-refractivity contribution >= 4 is 24.8 Å². The van der Waals surface area contributed by atoms with Crippen molar-refractivity contribution in [1.29, 1.82) is 0 Å². The van der Waals surface area contributed by atoms with Crippen LogP contribution in [0.15, 0.2) is 35.3 Å². The van der Waals surface area contributed by atoms with Crippen LogP contribution in [0.1, 0.15) is 71.8 Å². The highest BCUT2D eigenvalue weighted by Crippen LogP contribution is 2.17. The van der Waals surface area contributed by atoms with Crippen LogP contribution in [0.25, 0.3) is 0 Å². The third-order valence-electron chi connectivity index (χ3n) is 5.47. The van der Waals surface area contributed by atoms with Crippen LogP contribution in [0, 0.1) is 22.0 Å². The number of nitrogens with zero attached hydrogens (tertiary/aromatic N) is 2. The molecule has 0 fully saturated rings. The molecule has 0 spiro atoms. The number of ketones is 1. The summed E-state index contributed by atoms with van der Waals surface area (Å²) in [5.74, 6) is -2.21. The summed E-state index contributed by atoms with van der Waals surface area (Å²) in [6.07, 6.45) is 3.87. The number of amides is 1. The number of aliphatic imine (C=N–C) groups is 1. The molecule has 1 amide bonds. The smallest absolute Gasteiger partial charge is 0.426 e. The lowest BCUT2D eigenvalue weighted by atomic mass is 9.74. The molecule has 0 unspecified atom stereocenters. The second-order valence-corrected chi connectivity index (χ2v) is 9.07. The summed E-state index contributed by atoms with van der Waals surface area (Å²) in [6.45, 7) is 3.94. The van der Waals surface area contributed by atoms with Gasteiger partial charge in [0.1, 0.15) is 5.78 Å². The fourth-order valence-corrected chi connectivity index (χ4v) is 3.73. The van der Waals surface area contributed by atoms with Gasteiger partial charge in [-0.3, -0.25) is 9.59 Å². The summed E-state index contributed by atoms with van der Waals surface area (Å²) >= 11 is 0. The first-order valence-electron chi connectivity index (χ1n) is 12.0. The van der Waals surface area contributed by atoms with E-state index in [0.29, 0.717) is 32.1 Å². The molecule has 6 N–H and O–H groups in total. The number of guanidine groups is 1. The third kappa shape index (κ3) is 15.1. The molecule has 0 heterocycles. The van der Waals surface area contributed by atoms with Crippen molar-refractivity contribution in [3.8, 4) is 0 Å². The monoisotopic (exact) mass is 507 g/mol. The number of benzene rings is 1. The number of carbonyl (C=O) groups is 2. The Kier molecular flexibility index (Phi) is 16.8. The predicted molar refractivity (Wildman–Crippen MR) is 141 cm³/mol. The second kappa shape index (κ2) is 18.3. The minimum absolute atomic E-state index is 0. The number of unbranched alkanes of at least 4 members (excludes halogenated alkanes) is 1. The molecule has 0 aliphatic carbocycles. The van der Waals surface area contributed by atoms with Gasteiger partial charge in [0.25, 0.3) is 5.96 Å². The van der Waals surface area contributed by atoms with E-state index in [1.54, 1.807) is 5.43 Å². The van der Waals surface area contributed by atoms with Crippen molar-refractivity contribution in [2.45, 2.75) is 78.6 Å². The number of nitrogens with two attached hydrogens (primary N) is 1.